The molecular weight excluding hydrogens is 316 g/mol. The third-order valence-electron chi connectivity index (χ3n) is 3.46. The number of nitrogens with one attached hydrogen (secondary N) is 2. The van der Waals surface area contributed by atoms with Crippen molar-refractivity contribution in [2.75, 3.05) is 13.3 Å². The monoisotopic (exact) mass is 342 g/mol. The van der Waals surface area contributed by atoms with Crippen LogP contribution < -0.4 is 21.5 Å². The molecule has 0 bridgehead atoms. The molecule has 0 unspecified atom stereocenters. The molecule has 7 heteroatoms. The highest BCUT2D eigenvalue weighted by atomic mass is 32.2. The van der Waals surface area contributed by atoms with Crippen LogP contribution in [0.1, 0.15) is 20.8 Å². The molecule has 0 aliphatic carbocycles. The third-order valence-corrected chi connectivity index (χ3v) is 5.30. The normalized spacial score (nSPS) is 14.2. The Hall–Kier alpha value is -1.15. The smallest absolute Gasteiger partial charge is 0.243 e. The summed E-state index contributed by atoms with van der Waals surface area (Å²) in [5.74, 6) is -0.159. The van der Waals surface area contributed by atoms with Crippen molar-refractivity contribution >= 4 is 35.3 Å². The van der Waals surface area contributed by atoms with E-state index in [-0.39, 0.29) is 18.1 Å². The molecule has 1 aromatic carbocycles. The summed E-state index contributed by atoms with van der Waals surface area (Å²) in [7, 11) is 1.77. The van der Waals surface area contributed by atoms with Crippen LogP contribution in [-0.2, 0) is 4.79 Å². The molecule has 6 N–H and O–H groups in total. The topological polar surface area (TPSA) is 93.2 Å². The lowest BCUT2D eigenvalue weighted by molar-refractivity contribution is -0.122. The van der Waals surface area contributed by atoms with Crippen molar-refractivity contribution in [1.29, 1.82) is 0 Å². The summed E-state index contributed by atoms with van der Waals surface area (Å²) in [5.41, 5.74) is 7.40. The molecule has 0 saturated carbocycles. The molecule has 22 heavy (non-hydrogen) atoms. The third kappa shape index (κ3) is 4.67. The summed E-state index contributed by atoms with van der Waals surface area (Å²) in [5, 5.41) is 12.0. The van der Waals surface area contributed by atoms with Gasteiger partial charge >= 0.3 is 0 Å². The van der Waals surface area contributed by atoms with Gasteiger partial charge in [0.2, 0.25) is 5.91 Å². The highest BCUT2D eigenvalue weighted by Gasteiger charge is 2.33. The van der Waals surface area contributed by atoms with E-state index in [0.717, 1.165) is 17.5 Å². The Kier molecular flexibility index (Phi) is 7.28. The van der Waals surface area contributed by atoms with E-state index in [2.05, 4.69) is 10.6 Å². The van der Waals surface area contributed by atoms with E-state index in [0.29, 0.717) is 10.7 Å². The molecule has 0 spiro atoms. The molecule has 1 amide bonds. The van der Waals surface area contributed by atoms with Gasteiger partial charge in [-0.3, -0.25) is 9.93 Å². The standard InChI is InChI=1S/C15H24N4OS2.H2/c1-15(2,21-4)12(18-3)13(20)19-14(22-17)11(16)10-8-6-5-7-9-10;/h5-9,12,18H,16-17H2,1-4H3,(H,19,20);1H/b14-11-;/t12-;/m1./s1. The van der Waals surface area contributed by atoms with Crippen LogP contribution in [0.3, 0.4) is 0 Å². The summed E-state index contributed by atoms with van der Waals surface area (Å²) in [4.78, 5) is 12.5. The fourth-order valence-corrected chi connectivity index (χ4v) is 2.87. The largest absolute Gasteiger partial charge is 0.396 e. The first-order valence-electron chi connectivity index (χ1n) is 6.82. The Labute approximate surface area is 142 Å². The number of thioether (sulfide) groups is 1. The van der Waals surface area contributed by atoms with Gasteiger partial charge in [0, 0.05) is 11.7 Å². The summed E-state index contributed by atoms with van der Waals surface area (Å²) >= 11 is 2.55. The second kappa shape index (κ2) is 8.47. The molecule has 5 nitrogen and oxygen atoms in total. The van der Waals surface area contributed by atoms with E-state index in [9.17, 15) is 4.79 Å². The highest BCUT2D eigenvalue weighted by molar-refractivity contribution is 8.01. The van der Waals surface area contributed by atoms with Crippen LogP contribution in [0.5, 0.6) is 0 Å². The minimum Gasteiger partial charge on any atom is -0.396 e. The maximum Gasteiger partial charge on any atom is 0.243 e. The summed E-state index contributed by atoms with van der Waals surface area (Å²) in [6.07, 6.45) is 1.98. The number of amides is 1. The number of hydrogen-bond acceptors (Lipinski definition) is 6. The van der Waals surface area contributed by atoms with E-state index >= 15 is 0 Å². The minimum atomic E-state index is -0.367. The van der Waals surface area contributed by atoms with Crippen molar-refractivity contribution in [2.45, 2.75) is 24.6 Å². The molecule has 0 aliphatic heterocycles. The molecule has 1 atom stereocenters. The molecule has 0 saturated heterocycles. The van der Waals surface area contributed by atoms with Crippen LogP contribution in [0.4, 0.5) is 0 Å². The van der Waals surface area contributed by atoms with Crippen molar-refractivity contribution in [3.05, 3.63) is 40.9 Å². The Morgan fingerprint density at radius 2 is 1.91 bits per heavy atom. The number of carbonyl (C=O) groups excluding carboxylic acids is 1. The second-order valence-electron chi connectivity index (χ2n) is 5.25. The SMILES string of the molecule is CN[C@H](C(=O)N/C(SN)=C(/N)c1ccccc1)C(C)(C)SC.[HH]. The molecule has 0 fully saturated rings. The van der Waals surface area contributed by atoms with Crippen LogP contribution in [0.25, 0.3) is 5.70 Å². The van der Waals surface area contributed by atoms with Gasteiger partial charge in [-0.15, -0.1) is 0 Å². The van der Waals surface area contributed by atoms with E-state index in [1.165, 1.54) is 0 Å². The molecule has 0 radical (unpaired) electrons. The molecule has 1 rings (SSSR count). The first-order chi connectivity index (χ1) is 10.4. The van der Waals surface area contributed by atoms with Gasteiger partial charge in [0.05, 0.1) is 5.70 Å². The first kappa shape index (κ1) is 18.9. The van der Waals surface area contributed by atoms with Crippen molar-refractivity contribution in [3.8, 4) is 0 Å². The average molecular weight is 343 g/mol. The molecule has 0 heterocycles. The molecule has 1 aromatic rings. The number of carbonyl (C=O) groups is 1. The highest BCUT2D eigenvalue weighted by Crippen LogP contribution is 2.26. The van der Waals surface area contributed by atoms with Gasteiger partial charge < -0.3 is 16.4 Å². The van der Waals surface area contributed by atoms with E-state index in [1.807, 2.05) is 50.4 Å². The van der Waals surface area contributed by atoms with Gasteiger partial charge in [-0.05, 0) is 39.1 Å². The number of benzene rings is 1. The van der Waals surface area contributed by atoms with Crippen LogP contribution in [0, 0.1) is 0 Å². The van der Waals surface area contributed by atoms with Crippen LogP contribution >= 0.6 is 23.7 Å². The van der Waals surface area contributed by atoms with Crippen LogP contribution in [-0.4, -0.2) is 30.0 Å². The maximum atomic E-state index is 12.5. The van der Waals surface area contributed by atoms with E-state index in [1.54, 1.807) is 18.8 Å². The number of rotatable bonds is 7. The van der Waals surface area contributed by atoms with Crippen LogP contribution in [0.15, 0.2) is 35.4 Å². The fraction of sp³-hybridized carbons (Fsp3) is 0.400. The molecule has 0 aromatic heterocycles. The predicted molar refractivity (Wildman–Crippen MR) is 100 cm³/mol. The Morgan fingerprint density at radius 1 is 1.32 bits per heavy atom. The summed E-state index contributed by atoms with van der Waals surface area (Å²) in [6.45, 7) is 4.02. The zero-order chi connectivity index (χ0) is 16.8. The lowest BCUT2D eigenvalue weighted by atomic mass is 10.0. The van der Waals surface area contributed by atoms with Gasteiger partial charge in [0.1, 0.15) is 11.1 Å². The van der Waals surface area contributed by atoms with Crippen molar-refractivity contribution < 1.29 is 6.22 Å². The number of hydrogen-bond donors (Lipinski definition) is 4. The Bertz CT molecular complexity index is 538. The average Bonchev–Trinajstić information content (AvgIpc) is 2.53. The number of likely N-dealkylation sites (N-methyl/N-ethyl adjacent to an activating group) is 1. The molecule has 0 aliphatic rings. The Morgan fingerprint density at radius 3 is 2.36 bits per heavy atom. The molecule has 124 valence electrons. The summed E-state index contributed by atoms with van der Waals surface area (Å²) in [6, 6.07) is 9.06. The van der Waals surface area contributed by atoms with E-state index in [4.69, 9.17) is 10.9 Å². The molecular formula is C15H26N4OS2. The lowest BCUT2D eigenvalue weighted by Crippen LogP contribution is -2.53. The minimum absolute atomic E-state index is 0. The van der Waals surface area contributed by atoms with Gasteiger partial charge in [0.15, 0.2) is 0 Å². The zero-order valence-corrected chi connectivity index (χ0v) is 15.0. The lowest BCUT2D eigenvalue weighted by Gasteiger charge is -2.31. The van der Waals surface area contributed by atoms with E-state index < -0.39 is 0 Å². The Balaban J connectivity index is 0.00000484. The van der Waals surface area contributed by atoms with Gasteiger partial charge in [0.25, 0.3) is 0 Å². The summed E-state index contributed by atoms with van der Waals surface area (Å²) < 4.78 is -0.259. The zero-order valence-electron chi connectivity index (χ0n) is 13.3. The van der Waals surface area contributed by atoms with Crippen LogP contribution in [0.2, 0.25) is 0 Å². The maximum absolute atomic E-state index is 12.5. The van der Waals surface area contributed by atoms with Gasteiger partial charge in [-0.2, -0.15) is 11.8 Å². The second-order valence-corrected chi connectivity index (χ2v) is 7.35. The van der Waals surface area contributed by atoms with Crippen molar-refractivity contribution in [2.24, 2.45) is 10.9 Å². The fourth-order valence-electron chi connectivity index (χ4n) is 2.01. The number of nitrogens with two attached hydrogens (primary N) is 2. The first-order valence-corrected chi connectivity index (χ1v) is 8.93. The van der Waals surface area contributed by atoms with Crippen molar-refractivity contribution in [3.63, 3.8) is 0 Å². The van der Waals surface area contributed by atoms with Gasteiger partial charge in [-0.1, -0.05) is 30.3 Å². The quantitative estimate of drug-likeness (QED) is 0.566. The van der Waals surface area contributed by atoms with Gasteiger partial charge in [-0.25, -0.2) is 0 Å². The predicted octanol–water partition coefficient (Wildman–Crippen LogP) is 1.97. The van der Waals surface area contributed by atoms with Crippen molar-refractivity contribution in [1.82, 2.24) is 10.6 Å².